The standard InChI is InChI=1S/C22H27FO5/c1-4-5-17-13-22(21(12-19(17)24)27-14-28-22)15(2)10-16-6-7-20(18(23)11-16)26-9-8-25-3/h4,6-7,11-12,15,17H,1,5,8-10,13-14H2,2-3H3/t15?,17-,22+/m0/s1. The van der Waals surface area contributed by atoms with Gasteiger partial charge in [-0.25, -0.2) is 4.39 Å². The van der Waals surface area contributed by atoms with Gasteiger partial charge in [0.25, 0.3) is 0 Å². The van der Waals surface area contributed by atoms with Crippen LogP contribution in [0.1, 0.15) is 25.3 Å². The Balaban J connectivity index is 1.75. The zero-order chi connectivity index (χ0) is 20.1. The molecule has 6 heteroatoms. The maximum atomic E-state index is 14.4. The molecular weight excluding hydrogens is 363 g/mol. The van der Waals surface area contributed by atoms with Crippen LogP contribution in [0.25, 0.3) is 0 Å². The van der Waals surface area contributed by atoms with Gasteiger partial charge in [-0.15, -0.1) is 6.58 Å². The van der Waals surface area contributed by atoms with Crippen LogP contribution in [0.5, 0.6) is 5.75 Å². The molecule has 5 nitrogen and oxygen atoms in total. The number of ether oxygens (including phenoxy) is 4. The number of rotatable bonds is 9. The van der Waals surface area contributed by atoms with Crippen molar-refractivity contribution in [3.63, 3.8) is 0 Å². The van der Waals surface area contributed by atoms with Gasteiger partial charge >= 0.3 is 0 Å². The van der Waals surface area contributed by atoms with Gasteiger partial charge in [-0.3, -0.25) is 4.79 Å². The van der Waals surface area contributed by atoms with Crippen LogP contribution in [-0.4, -0.2) is 38.5 Å². The molecule has 28 heavy (non-hydrogen) atoms. The van der Waals surface area contributed by atoms with Gasteiger partial charge in [0.05, 0.1) is 6.61 Å². The Labute approximate surface area is 165 Å². The fourth-order valence-corrected chi connectivity index (χ4v) is 3.96. The summed E-state index contributed by atoms with van der Waals surface area (Å²) in [5.74, 6) is 0.278. The maximum absolute atomic E-state index is 14.4. The van der Waals surface area contributed by atoms with Crippen molar-refractivity contribution in [1.82, 2.24) is 0 Å². The number of hydrogen-bond acceptors (Lipinski definition) is 5. The molecule has 0 spiro atoms. The maximum Gasteiger partial charge on any atom is 0.189 e. The van der Waals surface area contributed by atoms with Gasteiger partial charge < -0.3 is 18.9 Å². The predicted octanol–water partition coefficient (Wildman–Crippen LogP) is 3.82. The summed E-state index contributed by atoms with van der Waals surface area (Å²) in [6.07, 6.45) is 5.06. The molecule has 1 unspecified atom stereocenters. The fourth-order valence-electron chi connectivity index (χ4n) is 3.96. The van der Waals surface area contributed by atoms with E-state index in [0.29, 0.717) is 38.2 Å². The number of carbonyl (C=O) groups excluding carboxylic acids is 1. The molecule has 0 N–H and O–H groups in total. The molecule has 1 aromatic rings. The highest BCUT2D eigenvalue weighted by Crippen LogP contribution is 2.46. The van der Waals surface area contributed by atoms with Gasteiger partial charge in [0, 0.05) is 19.1 Å². The van der Waals surface area contributed by atoms with Crippen molar-refractivity contribution in [1.29, 1.82) is 0 Å². The van der Waals surface area contributed by atoms with E-state index in [1.54, 1.807) is 25.3 Å². The molecule has 0 amide bonds. The quantitative estimate of drug-likeness (QED) is 0.474. The molecule has 1 aromatic carbocycles. The first-order valence-electron chi connectivity index (χ1n) is 9.54. The van der Waals surface area contributed by atoms with Crippen LogP contribution in [0.4, 0.5) is 4.39 Å². The molecule has 1 aliphatic carbocycles. The van der Waals surface area contributed by atoms with Crippen molar-refractivity contribution >= 4 is 5.78 Å². The smallest absolute Gasteiger partial charge is 0.189 e. The third-order valence-corrected chi connectivity index (χ3v) is 5.50. The zero-order valence-corrected chi connectivity index (χ0v) is 16.4. The summed E-state index contributed by atoms with van der Waals surface area (Å²) in [7, 11) is 1.57. The number of fused-ring (bicyclic) bond motifs is 1. The van der Waals surface area contributed by atoms with Crippen molar-refractivity contribution in [3.8, 4) is 5.75 Å². The summed E-state index contributed by atoms with van der Waals surface area (Å²) in [5, 5.41) is 0. The first-order chi connectivity index (χ1) is 13.5. The summed E-state index contributed by atoms with van der Waals surface area (Å²) in [6.45, 7) is 6.62. The summed E-state index contributed by atoms with van der Waals surface area (Å²) < 4.78 is 36.3. The Hall–Kier alpha value is -2.18. The fraction of sp³-hybridized carbons (Fsp3) is 0.500. The number of allylic oxidation sites excluding steroid dienone is 2. The SMILES string of the molecule is C=CC[C@H]1C[C@]2(C(C)Cc3ccc(OCCOC)c(F)c3)OCOC2=CC1=O. The Morgan fingerprint density at radius 2 is 2.25 bits per heavy atom. The second-order valence-electron chi connectivity index (χ2n) is 7.34. The lowest BCUT2D eigenvalue weighted by Gasteiger charge is -2.38. The summed E-state index contributed by atoms with van der Waals surface area (Å²) in [4.78, 5) is 12.3. The van der Waals surface area contributed by atoms with Gasteiger partial charge in [0.1, 0.15) is 18.0 Å². The molecule has 1 heterocycles. The molecule has 1 fully saturated rings. The first-order valence-corrected chi connectivity index (χ1v) is 9.54. The Morgan fingerprint density at radius 1 is 1.43 bits per heavy atom. The molecule has 0 radical (unpaired) electrons. The third kappa shape index (κ3) is 4.13. The number of methoxy groups -OCH3 is 1. The van der Waals surface area contributed by atoms with Crippen molar-refractivity contribution in [2.45, 2.75) is 31.8 Å². The van der Waals surface area contributed by atoms with Gasteiger partial charge in [0.2, 0.25) is 0 Å². The molecule has 1 aliphatic heterocycles. The van der Waals surface area contributed by atoms with Crippen LogP contribution in [0, 0.1) is 17.7 Å². The molecule has 3 atom stereocenters. The minimum absolute atomic E-state index is 0.00123. The average molecular weight is 390 g/mol. The molecule has 0 aromatic heterocycles. The van der Waals surface area contributed by atoms with Crippen LogP contribution in [0.3, 0.4) is 0 Å². The van der Waals surface area contributed by atoms with E-state index in [0.717, 1.165) is 5.56 Å². The van der Waals surface area contributed by atoms with E-state index in [-0.39, 0.29) is 30.2 Å². The molecule has 3 rings (SSSR count). The Kier molecular flexibility index (Phi) is 6.52. The number of hydrogen-bond donors (Lipinski definition) is 0. The van der Waals surface area contributed by atoms with E-state index >= 15 is 0 Å². The second kappa shape index (κ2) is 8.88. The monoisotopic (exact) mass is 390 g/mol. The normalized spacial score (nSPS) is 24.9. The molecule has 2 aliphatic rings. The lowest BCUT2D eigenvalue weighted by molar-refractivity contribution is -0.123. The highest BCUT2D eigenvalue weighted by atomic mass is 19.1. The van der Waals surface area contributed by atoms with Crippen LogP contribution in [0.15, 0.2) is 42.7 Å². The van der Waals surface area contributed by atoms with Crippen molar-refractivity contribution < 1.29 is 28.1 Å². The van der Waals surface area contributed by atoms with Gasteiger partial charge in [-0.05, 0) is 42.9 Å². The second-order valence-corrected chi connectivity index (χ2v) is 7.34. The number of carbonyl (C=O) groups is 1. The van der Waals surface area contributed by atoms with Crippen molar-refractivity contribution in [2.24, 2.45) is 11.8 Å². The van der Waals surface area contributed by atoms with Crippen LogP contribution in [-0.2, 0) is 25.4 Å². The zero-order valence-electron chi connectivity index (χ0n) is 16.4. The van der Waals surface area contributed by atoms with Gasteiger partial charge in [-0.2, -0.15) is 0 Å². The van der Waals surface area contributed by atoms with Gasteiger partial charge in [0.15, 0.2) is 24.1 Å². The van der Waals surface area contributed by atoms with E-state index in [9.17, 15) is 9.18 Å². The first kappa shape index (κ1) is 20.6. The summed E-state index contributed by atoms with van der Waals surface area (Å²) in [5.41, 5.74) is 0.177. The molecule has 0 saturated carbocycles. The van der Waals surface area contributed by atoms with E-state index in [1.807, 2.05) is 13.0 Å². The molecule has 1 saturated heterocycles. The number of benzene rings is 1. The van der Waals surface area contributed by atoms with Crippen molar-refractivity contribution in [3.05, 3.63) is 54.1 Å². The van der Waals surface area contributed by atoms with E-state index in [2.05, 4.69) is 6.58 Å². The van der Waals surface area contributed by atoms with E-state index in [1.165, 1.54) is 6.07 Å². The predicted molar refractivity (Wildman–Crippen MR) is 102 cm³/mol. The highest BCUT2D eigenvalue weighted by molar-refractivity contribution is 5.93. The van der Waals surface area contributed by atoms with Gasteiger partial charge in [-0.1, -0.05) is 19.1 Å². The average Bonchev–Trinajstić information content (AvgIpc) is 3.08. The van der Waals surface area contributed by atoms with Crippen LogP contribution >= 0.6 is 0 Å². The lowest BCUT2D eigenvalue weighted by atomic mass is 9.71. The Bertz CT molecular complexity index is 759. The molecular formula is C22H27FO5. The van der Waals surface area contributed by atoms with E-state index < -0.39 is 11.4 Å². The number of ketones is 1. The van der Waals surface area contributed by atoms with Crippen LogP contribution in [0.2, 0.25) is 0 Å². The Morgan fingerprint density at radius 3 is 2.96 bits per heavy atom. The molecule has 0 bridgehead atoms. The topological polar surface area (TPSA) is 54.0 Å². The number of halogens is 1. The van der Waals surface area contributed by atoms with Crippen LogP contribution < -0.4 is 4.74 Å². The van der Waals surface area contributed by atoms with E-state index in [4.69, 9.17) is 18.9 Å². The largest absolute Gasteiger partial charge is 0.488 e. The summed E-state index contributed by atoms with van der Waals surface area (Å²) in [6, 6.07) is 4.98. The third-order valence-electron chi connectivity index (χ3n) is 5.50. The minimum Gasteiger partial charge on any atom is -0.488 e. The minimum atomic E-state index is -0.661. The van der Waals surface area contributed by atoms with Crippen molar-refractivity contribution in [2.75, 3.05) is 27.1 Å². The lowest BCUT2D eigenvalue weighted by Crippen LogP contribution is -2.44. The molecule has 152 valence electrons. The summed E-state index contributed by atoms with van der Waals surface area (Å²) >= 11 is 0. The highest BCUT2D eigenvalue weighted by Gasteiger charge is 2.51.